The van der Waals surface area contributed by atoms with Crippen molar-refractivity contribution in [1.82, 2.24) is 19.4 Å². The van der Waals surface area contributed by atoms with Crippen LogP contribution in [0.25, 0.3) is 11.0 Å². The quantitative estimate of drug-likeness (QED) is 0.126. The van der Waals surface area contributed by atoms with Gasteiger partial charge in [0.1, 0.15) is 11.6 Å². The Hall–Kier alpha value is -5.29. The van der Waals surface area contributed by atoms with E-state index in [1.165, 1.54) is 12.1 Å². The third kappa shape index (κ3) is 8.26. The molecule has 5 aromatic rings. The fourth-order valence-electron chi connectivity index (χ4n) is 7.04. The fraction of sp³-hybridized carbons (Fsp3) is 0.366. The maximum Gasteiger partial charge on any atom is 0.253 e. The Bertz CT molecular complexity index is 1920. The summed E-state index contributed by atoms with van der Waals surface area (Å²) in [6.45, 7) is 5.58. The van der Waals surface area contributed by atoms with Gasteiger partial charge in [-0.2, -0.15) is 0 Å². The number of para-hydroxylation sites is 2. The molecule has 4 aromatic carbocycles. The highest BCUT2D eigenvalue weighted by atomic mass is 19.1. The van der Waals surface area contributed by atoms with Crippen molar-refractivity contribution >= 4 is 22.9 Å². The zero-order valence-corrected chi connectivity index (χ0v) is 30.7. The van der Waals surface area contributed by atoms with Crippen molar-refractivity contribution in [3.8, 4) is 23.0 Å². The zero-order valence-electron chi connectivity index (χ0n) is 30.7. The molecule has 1 aromatic heterocycles. The smallest absolute Gasteiger partial charge is 0.253 e. The summed E-state index contributed by atoms with van der Waals surface area (Å²) in [5.41, 5.74) is 4.66. The van der Waals surface area contributed by atoms with Crippen LogP contribution in [0.15, 0.2) is 84.9 Å². The summed E-state index contributed by atoms with van der Waals surface area (Å²) in [5.74, 6) is 2.77. The van der Waals surface area contributed by atoms with Gasteiger partial charge in [0.05, 0.1) is 46.0 Å². The fourth-order valence-corrected chi connectivity index (χ4v) is 7.04. The molecule has 1 saturated heterocycles. The largest absolute Gasteiger partial charge is 0.497 e. The molecule has 1 unspecified atom stereocenters. The van der Waals surface area contributed by atoms with E-state index < -0.39 is 0 Å². The van der Waals surface area contributed by atoms with Gasteiger partial charge in [0.2, 0.25) is 11.7 Å². The molecule has 2 heterocycles. The number of amides is 1. The third-order valence-corrected chi connectivity index (χ3v) is 9.89. The van der Waals surface area contributed by atoms with Crippen LogP contribution in [0, 0.1) is 5.82 Å². The molecule has 1 aliphatic heterocycles. The standard InChI is InChI=1S/C41H48FN5O5/c1-44(40(48)32-25-37(50-3)39(52-5)38(26-32)51-4)28-31(30-13-17-34(49-2)18-14-30)19-22-45-20-8-21-46(24-23-45)41-43-35-9-6-7-10-36(35)47(41)27-29-11-15-33(42)16-12-29/h6-7,9-18,25-26,31H,8,19-24,27-28H2,1-5H3. The highest BCUT2D eigenvalue weighted by molar-refractivity contribution is 5.95. The molecule has 0 radical (unpaired) electrons. The second-order valence-corrected chi connectivity index (χ2v) is 13.2. The van der Waals surface area contributed by atoms with E-state index in [0.717, 1.165) is 79.4 Å². The monoisotopic (exact) mass is 709 g/mol. The number of benzene rings is 4. The molecular formula is C41H48FN5O5. The summed E-state index contributed by atoms with van der Waals surface area (Å²) < 4.78 is 37.9. The summed E-state index contributed by atoms with van der Waals surface area (Å²) in [6.07, 6.45) is 1.86. The molecule has 274 valence electrons. The molecule has 0 spiro atoms. The van der Waals surface area contributed by atoms with E-state index in [4.69, 9.17) is 23.9 Å². The van der Waals surface area contributed by atoms with E-state index in [2.05, 4.69) is 32.6 Å². The van der Waals surface area contributed by atoms with Gasteiger partial charge in [0.25, 0.3) is 5.91 Å². The van der Waals surface area contributed by atoms with Gasteiger partial charge in [-0.25, -0.2) is 9.37 Å². The number of carbonyl (C=O) groups is 1. The van der Waals surface area contributed by atoms with Crippen LogP contribution in [0.3, 0.4) is 0 Å². The molecule has 52 heavy (non-hydrogen) atoms. The lowest BCUT2D eigenvalue weighted by Crippen LogP contribution is -2.35. The number of halogens is 1. The molecule has 0 saturated carbocycles. The highest BCUT2D eigenvalue weighted by Crippen LogP contribution is 2.38. The second-order valence-electron chi connectivity index (χ2n) is 13.2. The number of anilines is 1. The summed E-state index contributed by atoms with van der Waals surface area (Å²) in [5, 5.41) is 0. The summed E-state index contributed by atoms with van der Waals surface area (Å²) in [7, 11) is 8.13. The van der Waals surface area contributed by atoms with Gasteiger partial charge in [0.15, 0.2) is 11.5 Å². The molecule has 6 rings (SSSR count). The summed E-state index contributed by atoms with van der Waals surface area (Å²) in [4.78, 5) is 25.6. The van der Waals surface area contributed by atoms with Crippen molar-refractivity contribution in [2.75, 3.05) is 79.7 Å². The number of carbonyl (C=O) groups excluding carboxylic acids is 1. The van der Waals surface area contributed by atoms with Gasteiger partial charge >= 0.3 is 0 Å². The number of nitrogens with zero attached hydrogens (tertiary/aromatic N) is 5. The highest BCUT2D eigenvalue weighted by Gasteiger charge is 2.25. The van der Waals surface area contributed by atoms with Crippen molar-refractivity contribution < 1.29 is 28.1 Å². The van der Waals surface area contributed by atoms with Crippen LogP contribution in [0.2, 0.25) is 0 Å². The first-order chi connectivity index (χ1) is 25.3. The molecule has 0 aliphatic carbocycles. The SMILES string of the molecule is COc1ccc(C(CCN2CCCN(c3nc4ccccc4n3Cc3ccc(F)cc3)CC2)CN(C)C(=O)c2cc(OC)c(OC)c(OC)c2)cc1. The number of likely N-dealkylation sites (N-methyl/N-ethyl adjacent to an activating group) is 1. The number of aromatic nitrogens is 2. The number of ether oxygens (including phenoxy) is 4. The molecule has 10 nitrogen and oxygen atoms in total. The topological polar surface area (TPSA) is 81.5 Å². The lowest BCUT2D eigenvalue weighted by Gasteiger charge is -2.28. The number of imidazole rings is 1. The number of fused-ring (bicyclic) bond motifs is 1. The van der Waals surface area contributed by atoms with Gasteiger partial charge < -0.3 is 38.2 Å². The number of hydrogen-bond acceptors (Lipinski definition) is 8. The van der Waals surface area contributed by atoms with Gasteiger partial charge in [-0.3, -0.25) is 4.79 Å². The molecule has 11 heteroatoms. The van der Waals surface area contributed by atoms with Crippen LogP contribution in [0.1, 0.15) is 40.2 Å². The van der Waals surface area contributed by atoms with Crippen molar-refractivity contribution in [2.24, 2.45) is 0 Å². The Balaban J connectivity index is 1.16. The zero-order chi connectivity index (χ0) is 36.6. The first-order valence-electron chi connectivity index (χ1n) is 17.7. The average molecular weight is 710 g/mol. The Morgan fingerprint density at radius 2 is 1.56 bits per heavy atom. The van der Waals surface area contributed by atoms with Crippen molar-refractivity contribution in [2.45, 2.75) is 25.3 Å². The lowest BCUT2D eigenvalue weighted by molar-refractivity contribution is 0.0782. The molecule has 1 amide bonds. The Labute approximate surface area is 305 Å². The molecule has 1 fully saturated rings. The van der Waals surface area contributed by atoms with Crippen LogP contribution in [0.4, 0.5) is 10.3 Å². The maximum absolute atomic E-state index is 13.8. The van der Waals surface area contributed by atoms with E-state index in [9.17, 15) is 9.18 Å². The van der Waals surface area contributed by atoms with Crippen molar-refractivity contribution in [1.29, 1.82) is 0 Å². The van der Waals surface area contributed by atoms with E-state index in [0.29, 0.717) is 35.9 Å². The third-order valence-electron chi connectivity index (χ3n) is 9.89. The van der Waals surface area contributed by atoms with Gasteiger partial charge in [0, 0.05) is 44.7 Å². The number of methoxy groups -OCH3 is 4. The summed E-state index contributed by atoms with van der Waals surface area (Å²) in [6, 6.07) is 26.4. The maximum atomic E-state index is 13.8. The van der Waals surface area contributed by atoms with E-state index in [1.807, 2.05) is 49.5 Å². The molecule has 1 aliphatic rings. The first-order valence-corrected chi connectivity index (χ1v) is 17.7. The van der Waals surface area contributed by atoms with Crippen LogP contribution in [0.5, 0.6) is 23.0 Å². The predicted octanol–water partition coefficient (Wildman–Crippen LogP) is 6.72. The second kappa shape index (κ2) is 16.8. The summed E-state index contributed by atoms with van der Waals surface area (Å²) >= 11 is 0. The van der Waals surface area contributed by atoms with E-state index in [1.54, 1.807) is 45.5 Å². The Kier molecular flexibility index (Phi) is 11.8. The number of hydrogen-bond donors (Lipinski definition) is 0. The normalized spacial score (nSPS) is 14.2. The van der Waals surface area contributed by atoms with Crippen molar-refractivity contribution in [3.05, 3.63) is 107 Å². The van der Waals surface area contributed by atoms with Crippen LogP contribution < -0.4 is 23.8 Å². The average Bonchev–Trinajstić information content (AvgIpc) is 3.37. The molecular weight excluding hydrogens is 661 g/mol. The van der Waals surface area contributed by atoms with E-state index >= 15 is 0 Å². The minimum Gasteiger partial charge on any atom is -0.497 e. The molecule has 0 N–H and O–H groups in total. The van der Waals surface area contributed by atoms with E-state index in [-0.39, 0.29) is 17.6 Å². The van der Waals surface area contributed by atoms with Gasteiger partial charge in [-0.1, -0.05) is 36.4 Å². The minimum atomic E-state index is -0.238. The minimum absolute atomic E-state index is 0.0844. The number of rotatable bonds is 14. The van der Waals surface area contributed by atoms with Crippen LogP contribution in [-0.2, 0) is 6.54 Å². The van der Waals surface area contributed by atoms with Gasteiger partial charge in [-0.05, 0) is 85.6 Å². The molecule has 1 atom stereocenters. The van der Waals surface area contributed by atoms with Crippen LogP contribution >= 0.6 is 0 Å². The van der Waals surface area contributed by atoms with Crippen LogP contribution in [-0.4, -0.2) is 100 Å². The Morgan fingerprint density at radius 3 is 2.23 bits per heavy atom. The Morgan fingerprint density at radius 1 is 0.846 bits per heavy atom. The predicted molar refractivity (Wildman–Crippen MR) is 202 cm³/mol. The van der Waals surface area contributed by atoms with Gasteiger partial charge in [-0.15, -0.1) is 0 Å². The first kappa shape index (κ1) is 36.5. The lowest BCUT2D eigenvalue weighted by atomic mass is 9.94. The molecule has 0 bridgehead atoms. The van der Waals surface area contributed by atoms with Crippen molar-refractivity contribution in [3.63, 3.8) is 0 Å².